The van der Waals surface area contributed by atoms with E-state index < -0.39 is 17.5 Å². The van der Waals surface area contributed by atoms with Gasteiger partial charge < -0.3 is 4.52 Å². The van der Waals surface area contributed by atoms with Crippen molar-refractivity contribution < 1.29 is 17.5 Å². The normalized spacial score (nSPS) is 14.3. The van der Waals surface area contributed by atoms with E-state index in [1.807, 2.05) is 19.9 Å². The van der Waals surface area contributed by atoms with Crippen LogP contribution in [0.4, 0.5) is 0 Å². The van der Waals surface area contributed by atoms with Crippen molar-refractivity contribution in [1.82, 2.24) is 4.67 Å². The van der Waals surface area contributed by atoms with Gasteiger partial charge in [0.05, 0.1) is 10.2 Å². The maximum absolute atomic E-state index is 13.6. The predicted molar refractivity (Wildman–Crippen MR) is 95.0 cm³/mol. The Morgan fingerprint density at radius 3 is 2.00 bits per heavy atom. The molecule has 0 aliphatic rings. The molecule has 6 nitrogen and oxygen atoms in total. The van der Waals surface area contributed by atoms with Gasteiger partial charge >= 0.3 is 7.52 Å². The lowest BCUT2D eigenvalue weighted by atomic mass is 10.3. The third-order valence-corrected chi connectivity index (χ3v) is 7.21. The van der Waals surface area contributed by atoms with E-state index in [4.69, 9.17) is 9.66 Å². The van der Waals surface area contributed by atoms with Gasteiger partial charge in [0, 0.05) is 13.1 Å². The van der Waals surface area contributed by atoms with Crippen molar-refractivity contribution in [1.29, 1.82) is 0 Å². The lowest BCUT2D eigenvalue weighted by Crippen LogP contribution is -2.28. The zero-order chi connectivity index (χ0) is 17.8. The molecule has 2 aromatic rings. The second-order valence-corrected chi connectivity index (χ2v) is 8.97. The van der Waals surface area contributed by atoms with Crippen molar-refractivity contribution in [3.8, 4) is 5.75 Å². The molecule has 0 radical (unpaired) electrons. The van der Waals surface area contributed by atoms with Gasteiger partial charge in [0.1, 0.15) is 5.75 Å². The van der Waals surface area contributed by atoms with E-state index in [9.17, 15) is 13.0 Å². The number of benzene rings is 2. The van der Waals surface area contributed by atoms with Crippen molar-refractivity contribution in [2.24, 2.45) is 5.14 Å². The van der Waals surface area contributed by atoms with Crippen molar-refractivity contribution in [3.63, 3.8) is 0 Å². The van der Waals surface area contributed by atoms with Crippen LogP contribution in [-0.2, 0) is 14.6 Å². The highest BCUT2D eigenvalue weighted by atomic mass is 32.2. The number of hydrogen-bond acceptors (Lipinski definition) is 4. The van der Waals surface area contributed by atoms with Crippen LogP contribution in [0.3, 0.4) is 0 Å². The number of primary sulfonamides is 1. The minimum Gasteiger partial charge on any atom is -0.429 e. The summed E-state index contributed by atoms with van der Waals surface area (Å²) >= 11 is 0. The lowest BCUT2D eigenvalue weighted by molar-refractivity contribution is 0.381. The predicted octanol–water partition coefficient (Wildman–Crippen LogP) is 2.57. The van der Waals surface area contributed by atoms with Gasteiger partial charge in [-0.15, -0.1) is 0 Å². The highest BCUT2D eigenvalue weighted by molar-refractivity contribution is 7.89. The average Bonchev–Trinajstić information content (AvgIpc) is 2.56. The number of sulfonamides is 1. The Hall–Kier alpha value is -1.66. The van der Waals surface area contributed by atoms with Gasteiger partial charge in [-0.1, -0.05) is 32.0 Å². The smallest absolute Gasteiger partial charge is 0.349 e. The van der Waals surface area contributed by atoms with Crippen molar-refractivity contribution in [2.75, 3.05) is 13.1 Å². The molecule has 0 bridgehead atoms. The first kappa shape index (κ1) is 18.7. The van der Waals surface area contributed by atoms with Crippen LogP contribution in [0.1, 0.15) is 13.8 Å². The SMILES string of the molecule is CCN(CC)P(=O)(Oc1ccc(S(N)(=O)=O)cc1)c1ccccc1. The molecule has 2 N–H and O–H groups in total. The van der Waals surface area contributed by atoms with Crippen molar-refractivity contribution in [3.05, 3.63) is 54.6 Å². The second-order valence-electron chi connectivity index (χ2n) is 5.10. The summed E-state index contributed by atoms with van der Waals surface area (Å²) in [7, 11) is -7.08. The molecular weight excluding hydrogens is 347 g/mol. The van der Waals surface area contributed by atoms with E-state index in [2.05, 4.69) is 0 Å². The van der Waals surface area contributed by atoms with E-state index in [0.717, 1.165) is 0 Å². The summed E-state index contributed by atoms with van der Waals surface area (Å²) in [6, 6.07) is 14.6. The van der Waals surface area contributed by atoms with Crippen LogP contribution in [0.15, 0.2) is 59.5 Å². The summed E-state index contributed by atoms with van der Waals surface area (Å²) < 4.78 is 43.8. The fourth-order valence-electron chi connectivity index (χ4n) is 2.32. The van der Waals surface area contributed by atoms with Gasteiger partial charge in [-0.05, 0) is 36.4 Å². The van der Waals surface area contributed by atoms with Gasteiger partial charge in [0.2, 0.25) is 10.0 Å². The highest BCUT2D eigenvalue weighted by Crippen LogP contribution is 2.49. The Morgan fingerprint density at radius 2 is 1.54 bits per heavy atom. The number of hydrogen-bond donors (Lipinski definition) is 1. The summed E-state index contributed by atoms with van der Waals surface area (Å²) in [6.07, 6.45) is 0. The molecule has 0 amide bonds. The van der Waals surface area contributed by atoms with Crippen LogP contribution in [0.5, 0.6) is 5.75 Å². The molecule has 0 spiro atoms. The average molecular weight is 368 g/mol. The Bertz CT molecular complexity index is 819. The Balaban J connectivity index is 2.41. The van der Waals surface area contributed by atoms with Crippen LogP contribution >= 0.6 is 7.52 Å². The molecule has 0 heterocycles. The fraction of sp³-hybridized carbons (Fsp3) is 0.250. The van der Waals surface area contributed by atoms with E-state index in [0.29, 0.717) is 24.1 Å². The summed E-state index contributed by atoms with van der Waals surface area (Å²) in [5.74, 6) is 0.321. The van der Waals surface area contributed by atoms with E-state index in [1.54, 1.807) is 28.9 Å². The Morgan fingerprint density at radius 1 is 1.00 bits per heavy atom. The van der Waals surface area contributed by atoms with Crippen LogP contribution in [-0.4, -0.2) is 26.2 Å². The monoisotopic (exact) mass is 368 g/mol. The first-order valence-electron chi connectivity index (χ1n) is 7.54. The third-order valence-electron chi connectivity index (χ3n) is 3.57. The maximum atomic E-state index is 13.6. The maximum Gasteiger partial charge on any atom is 0.349 e. The zero-order valence-corrected chi connectivity index (χ0v) is 15.3. The van der Waals surface area contributed by atoms with Crippen LogP contribution in [0.2, 0.25) is 0 Å². The standard InChI is InChI=1S/C16H21N2O4PS/c1-3-18(4-2)23(19,15-8-6-5-7-9-15)22-14-10-12-16(13-11-14)24(17,20)21/h5-13H,3-4H2,1-2H3,(H2,17,20,21). The molecule has 1 atom stereocenters. The molecule has 0 saturated heterocycles. The molecule has 24 heavy (non-hydrogen) atoms. The lowest BCUT2D eigenvalue weighted by Gasteiger charge is -2.29. The topological polar surface area (TPSA) is 89.7 Å². The molecular formula is C16H21N2O4PS. The number of rotatable bonds is 7. The van der Waals surface area contributed by atoms with Crippen LogP contribution in [0, 0.1) is 0 Å². The summed E-state index contributed by atoms with van der Waals surface area (Å²) in [5, 5.41) is 5.67. The van der Waals surface area contributed by atoms with Gasteiger partial charge in [-0.3, -0.25) is 4.57 Å². The highest BCUT2D eigenvalue weighted by Gasteiger charge is 2.33. The van der Waals surface area contributed by atoms with E-state index in [-0.39, 0.29) is 4.90 Å². The molecule has 0 aromatic heterocycles. The summed E-state index contributed by atoms with van der Waals surface area (Å²) in [4.78, 5) is -0.0211. The molecule has 1 unspecified atom stereocenters. The van der Waals surface area contributed by atoms with Crippen molar-refractivity contribution >= 4 is 22.8 Å². The van der Waals surface area contributed by atoms with Gasteiger partial charge in [0.15, 0.2) is 0 Å². The fourth-order valence-corrected chi connectivity index (χ4v) is 5.08. The quantitative estimate of drug-likeness (QED) is 0.759. The van der Waals surface area contributed by atoms with E-state index >= 15 is 0 Å². The summed E-state index contributed by atoms with van der Waals surface area (Å²) in [6.45, 7) is 4.93. The first-order chi connectivity index (χ1) is 11.3. The minimum absolute atomic E-state index is 0.0211. The largest absolute Gasteiger partial charge is 0.429 e. The van der Waals surface area contributed by atoms with Gasteiger partial charge in [-0.25, -0.2) is 18.2 Å². The molecule has 0 aliphatic carbocycles. The Kier molecular flexibility index (Phi) is 5.83. The van der Waals surface area contributed by atoms with Gasteiger partial charge in [-0.2, -0.15) is 0 Å². The molecule has 2 rings (SSSR count). The molecule has 2 aromatic carbocycles. The summed E-state index contributed by atoms with van der Waals surface area (Å²) in [5.41, 5.74) is 0. The second kappa shape index (κ2) is 7.49. The third kappa shape index (κ3) is 4.05. The van der Waals surface area contributed by atoms with Gasteiger partial charge in [0.25, 0.3) is 0 Å². The molecule has 0 saturated carbocycles. The molecule has 8 heteroatoms. The molecule has 130 valence electrons. The van der Waals surface area contributed by atoms with E-state index in [1.165, 1.54) is 24.3 Å². The van der Waals surface area contributed by atoms with Crippen molar-refractivity contribution in [2.45, 2.75) is 18.7 Å². The number of nitrogens with zero attached hydrogens (tertiary/aromatic N) is 1. The number of nitrogens with two attached hydrogens (primary N) is 1. The minimum atomic E-state index is -3.78. The van der Waals surface area contributed by atoms with Crippen LogP contribution < -0.4 is 15.0 Å². The Labute approximate surface area is 142 Å². The zero-order valence-electron chi connectivity index (χ0n) is 13.6. The molecule has 0 aliphatic heterocycles. The first-order valence-corrected chi connectivity index (χ1v) is 10.7. The van der Waals surface area contributed by atoms with Crippen LogP contribution in [0.25, 0.3) is 0 Å². The molecule has 0 fully saturated rings.